The number of carbonyl (C=O) groups is 1. The highest BCUT2D eigenvalue weighted by atomic mass is 16.5. The molecule has 0 aliphatic heterocycles. The number of hydrogen-bond donors (Lipinski definition) is 0. The lowest BCUT2D eigenvalue weighted by Gasteiger charge is -2.15. The first-order valence-electron chi connectivity index (χ1n) is 9.94. The van der Waals surface area contributed by atoms with Gasteiger partial charge in [0.15, 0.2) is 6.29 Å². The summed E-state index contributed by atoms with van der Waals surface area (Å²) >= 11 is 0. The van der Waals surface area contributed by atoms with E-state index in [0.29, 0.717) is 18.2 Å². The van der Waals surface area contributed by atoms with E-state index in [0.717, 1.165) is 39.8 Å². The molecule has 2 aromatic carbocycles. The third-order valence-corrected chi connectivity index (χ3v) is 5.26. The van der Waals surface area contributed by atoms with Gasteiger partial charge >= 0.3 is 0 Å². The minimum absolute atomic E-state index is 0.385. The molecule has 0 bridgehead atoms. The van der Waals surface area contributed by atoms with Gasteiger partial charge < -0.3 is 9.14 Å². The second-order valence-corrected chi connectivity index (χ2v) is 7.75. The molecule has 0 fully saturated rings. The smallest absolute Gasteiger partial charge is 0.167 e. The van der Waals surface area contributed by atoms with Crippen LogP contribution in [0.5, 0.6) is 5.75 Å². The maximum atomic E-state index is 12.0. The number of nitrogens with zero attached hydrogens (tertiary/aromatic N) is 1. The van der Waals surface area contributed by atoms with E-state index in [-0.39, 0.29) is 0 Å². The van der Waals surface area contributed by atoms with Crippen LogP contribution in [0.2, 0.25) is 0 Å². The van der Waals surface area contributed by atoms with Gasteiger partial charge in [0.2, 0.25) is 0 Å². The highest BCUT2D eigenvalue weighted by Crippen LogP contribution is 2.37. The SMILES string of the molecule is Cc1ccc2cc(-c3cc(C(C)C)ccc3OCc3ccccc3)c(C=O)n2c1. The fourth-order valence-corrected chi connectivity index (χ4v) is 3.61. The molecule has 0 N–H and O–H groups in total. The van der Waals surface area contributed by atoms with Gasteiger partial charge in [-0.1, -0.05) is 56.3 Å². The average molecular weight is 383 g/mol. The number of benzene rings is 2. The number of fused-ring (bicyclic) bond motifs is 1. The zero-order valence-corrected chi connectivity index (χ0v) is 17.1. The van der Waals surface area contributed by atoms with E-state index in [1.54, 1.807) is 0 Å². The fourth-order valence-electron chi connectivity index (χ4n) is 3.61. The Labute approximate surface area is 171 Å². The van der Waals surface area contributed by atoms with E-state index >= 15 is 0 Å². The number of rotatable bonds is 6. The zero-order chi connectivity index (χ0) is 20.4. The van der Waals surface area contributed by atoms with Crippen LogP contribution in [0.4, 0.5) is 0 Å². The molecule has 0 aliphatic carbocycles. The van der Waals surface area contributed by atoms with E-state index < -0.39 is 0 Å². The second kappa shape index (κ2) is 7.96. The van der Waals surface area contributed by atoms with Crippen molar-refractivity contribution in [3.8, 4) is 16.9 Å². The van der Waals surface area contributed by atoms with Crippen molar-refractivity contribution in [2.24, 2.45) is 0 Å². The van der Waals surface area contributed by atoms with Crippen LogP contribution in [-0.4, -0.2) is 10.7 Å². The lowest BCUT2D eigenvalue weighted by Crippen LogP contribution is -1.99. The molecule has 3 nitrogen and oxygen atoms in total. The van der Waals surface area contributed by atoms with Crippen molar-refractivity contribution in [1.29, 1.82) is 0 Å². The predicted molar refractivity (Wildman–Crippen MR) is 118 cm³/mol. The number of pyridine rings is 1. The first kappa shape index (κ1) is 19.0. The van der Waals surface area contributed by atoms with Crippen molar-refractivity contribution >= 4 is 11.8 Å². The van der Waals surface area contributed by atoms with Gasteiger partial charge in [-0.05, 0) is 53.8 Å². The van der Waals surface area contributed by atoms with Crippen molar-refractivity contribution in [1.82, 2.24) is 4.40 Å². The van der Waals surface area contributed by atoms with E-state index in [1.807, 2.05) is 47.9 Å². The van der Waals surface area contributed by atoms with E-state index in [9.17, 15) is 4.79 Å². The number of hydrogen-bond acceptors (Lipinski definition) is 2. The van der Waals surface area contributed by atoms with Crippen molar-refractivity contribution < 1.29 is 9.53 Å². The standard InChI is InChI=1S/C26H25NO2/c1-18(2)21-10-12-26(29-17-20-7-5-4-6-8-20)24(13-21)23-14-22-11-9-19(3)15-27(22)25(23)16-28/h4-16,18H,17H2,1-3H3. The van der Waals surface area contributed by atoms with Gasteiger partial charge in [-0.2, -0.15) is 0 Å². The number of aldehydes is 1. The Bertz CT molecular complexity index is 1160. The summed E-state index contributed by atoms with van der Waals surface area (Å²) in [5.41, 5.74) is 6.94. The molecule has 3 heteroatoms. The van der Waals surface area contributed by atoms with Crippen LogP contribution in [0.1, 0.15) is 46.9 Å². The van der Waals surface area contributed by atoms with Gasteiger partial charge in [0.25, 0.3) is 0 Å². The van der Waals surface area contributed by atoms with Crippen LogP contribution in [0.3, 0.4) is 0 Å². The highest BCUT2D eigenvalue weighted by Gasteiger charge is 2.17. The molecule has 2 heterocycles. The zero-order valence-electron chi connectivity index (χ0n) is 17.1. The quantitative estimate of drug-likeness (QED) is 0.359. The van der Waals surface area contributed by atoms with Crippen molar-refractivity contribution in [3.05, 3.63) is 95.3 Å². The van der Waals surface area contributed by atoms with E-state index in [2.05, 4.69) is 50.2 Å². The van der Waals surface area contributed by atoms with Crippen LogP contribution in [-0.2, 0) is 6.61 Å². The largest absolute Gasteiger partial charge is 0.488 e. The Hall–Kier alpha value is -3.33. The molecule has 146 valence electrons. The Morgan fingerprint density at radius 1 is 0.966 bits per heavy atom. The number of aryl methyl sites for hydroxylation is 1. The van der Waals surface area contributed by atoms with Gasteiger partial charge in [0, 0.05) is 22.8 Å². The molecule has 0 saturated carbocycles. The Morgan fingerprint density at radius 3 is 2.48 bits per heavy atom. The van der Waals surface area contributed by atoms with Crippen LogP contribution >= 0.6 is 0 Å². The Kier molecular flexibility index (Phi) is 5.22. The van der Waals surface area contributed by atoms with Crippen LogP contribution in [0.25, 0.3) is 16.6 Å². The average Bonchev–Trinajstić information content (AvgIpc) is 3.10. The van der Waals surface area contributed by atoms with Gasteiger partial charge in [-0.15, -0.1) is 0 Å². The summed E-state index contributed by atoms with van der Waals surface area (Å²) in [6.07, 6.45) is 2.93. The first-order valence-corrected chi connectivity index (χ1v) is 9.94. The predicted octanol–water partition coefficient (Wildman–Crippen LogP) is 6.43. The summed E-state index contributed by atoms with van der Waals surface area (Å²) < 4.78 is 8.17. The molecule has 0 radical (unpaired) electrons. The molecule has 0 unspecified atom stereocenters. The van der Waals surface area contributed by atoms with Crippen LogP contribution < -0.4 is 4.74 Å². The molecule has 0 aliphatic rings. The molecule has 29 heavy (non-hydrogen) atoms. The summed E-state index contributed by atoms with van der Waals surface area (Å²) in [6, 6.07) is 22.6. The molecular weight excluding hydrogens is 358 g/mol. The molecule has 4 rings (SSSR count). The summed E-state index contributed by atoms with van der Waals surface area (Å²) in [5.74, 6) is 1.17. The third kappa shape index (κ3) is 3.81. The molecule has 0 atom stereocenters. The molecule has 0 spiro atoms. The van der Waals surface area contributed by atoms with Gasteiger partial charge in [-0.3, -0.25) is 4.79 Å². The lowest BCUT2D eigenvalue weighted by atomic mass is 9.96. The number of aromatic nitrogens is 1. The fraction of sp³-hybridized carbons (Fsp3) is 0.192. The van der Waals surface area contributed by atoms with E-state index in [1.165, 1.54) is 5.56 Å². The van der Waals surface area contributed by atoms with Crippen molar-refractivity contribution in [3.63, 3.8) is 0 Å². The minimum atomic E-state index is 0.385. The lowest BCUT2D eigenvalue weighted by molar-refractivity contribution is 0.111. The topological polar surface area (TPSA) is 30.7 Å². The van der Waals surface area contributed by atoms with Crippen molar-refractivity contribution in [2.45, 2.75) is 33.3 Å². The summed E-state index contributed by atoms with van der Waals surface area (Å²) in [5, 5.41) is 0. The third-order valence-electron chi connectivity index (χ3n) is 5.26. The van der Waals surface area contributed by atoms with Crippen molar-refractivity contribution in [2.75, 3.05) is 0 Å². The minimum Gasteiger partial charge on any atom is -0.488 e. The summed E-state index contributed by atoms with van der Waals surface area (Å²) in [6.45, 7) is 6.85. The maximum absolute atomic E-state index is 12.0. The normalized spacial score (nSPS) is 11.2. The monoisotopic (exact) mass is 383 g/mol. The highest BCUT2D eigenvalue weighted by molar-refractivity contribution is 5.91. The van der Waals surface area contributed by atoms with E-state index in [4.69, 9.17) is 4.74 Å². The molecule has 0 saturated heterocycles. The molecular formula is C26H25NO2. The molecule has 0 amide bonds. The van der Waals surface area contributed by atoms with Crippen LogP contribution in [0, 0.1) is 6.92 Å². The van der Waals surface area contributed by atoms with Gasteiger partial charge in [0.1, 0.15) is 12.4 Å². The number of carbonyl (C=O) groups excluding carboxylic acids is 1. The summed E-state index contributed by atoms with van der Waals surface area (Å²) in [4.78, 5) is 12.0. The Balaban J connectivity index is 1.83. The summed E-state index contributed by atoms with van der Waals surface area (Å²) in [7, 11) is 0. The molecule has 2 aromatic heterocycles. The second-order valence-electron chi connectivity index (χ2n) is 7.75. The van der Waals surface area contributed by atoms with Crippen LogP contribution in [0.15, 0.2) is 72.9 Å². The molecule has 4 aromatic rings. The Morgan fingerprint density at radius 2 is 1.76 bits per heavy atom. The van der Waals surface area contributed by atoms with Gasteiger partial charge in [-0.25, -0.2) is 0 Å². The maximum Gasteiger partial charge on any atom is 0.167 e. The number of ether oxygens (including phenoxy) is 1. The van der Waals surface area contributed by atoms with Gasteiger partial charge in [0.05, 0.1) is 5.69 Å². The first-order chi connectivity index (χ1) is 14.1.